The normalized spacial score (nSPS) is 30.7. The van der Waals surface area contributed by atoms with Crippen LogP contribution in [0.3, 0.4) is 0 Å². The van der Waals surface area contributed by atoms with Gasteiger partial charge in [0.05, 0.1) is 18.4 Å². The van der Waals surface area contributed by atoms with Crippen molar-refractivity contribution in [2.45, 2.75) is 44.9 Å². The average molecular weight is 292 g/mol. The van der Waals surface area contributed by atoms with Gasteiger partial charge in [-0.15, -0.1) is 0 Å². The number of aromatic nitrogens is 1. The van der Waals surface area contributed by atoms with Crippen LogP contribution in [0.25, 0.3) is 0 Å². The summed E-state index contributed by atoms with van der Waals surface area (Å²) in [6.07, 6.45) is 2.66. The first kappa shape index (κ1) is 14.8. The largest absolute Gasteiger partial charge is 0.506 e. The fraction of sp³-hybridized carbons (Fsp3) is 0.688. The second-order valence-electron chi connectivity index (χ2n) is 6.19. The molecule has 2 N–H and O–H groups in total. The first-order valence-electron chi connectivity index (χ1n) is 7.80. The van der Waals surface area contributed by atoms with E-state index in [1.807, 2.05) is 13.0 Å². The van der Waals surface area contributed by atoms with Crippen molar-refractivity contribution >= 4 is 0 Å². The van der Waals surface area contributed by atoms with Gasteiger partial charge in [0, 0.05) is 30.8 Å². The first-order chi connectivity index (χ1) is 10.1. The maximum Gasteiger partial charge on any atom is 0.138 e. The third kappa shape index (κ3) is 3.20. The molecule has 5 nitrogen and oxygen atoms in total. The standard InChI is InChI=1S/C16H24N2O3/c1-11-4-5-16(20)13(17-11)9-18-7-2-3-14(18)12-10-21-8-6-15(12)19/h4-5,12,14-15,19-20H,2-3,6-10H2,1H3/t12-,14-,15-/m1/s1. The minimum atomic E-state index is -0.275. The van der Waals surface area contributed by atoms with Gasteiger partial charge < -0.3 is 14.9 Å². The van der Waals surface area contributed by atoms with E-state index < -0.39 is 0 Å². The van der Waals surface area contributed by atoms with Gasteiger partial charge in [0.1, 0.15) is 5.75 Å². The van der Waals surface area contributed by atoms with Crippen molar-refractivity contribution < 1.29 is 14.9 Å². The third-order valence-electron chi connectivity index (χ3n) is 4.71. The molecule has 2 saturated heterocycles. The SMILES string of the molecule is Cc1ccc(O)c(CN2CCC[C@@H]2[C@H]2COCC[C@H]2O)n1. The fourth-order valence-electron chi connectivity index (χ4n) is 3.56. The van der Waals surface area contributed by atoms with Crippen molar-refractivity contribution in [3.8, 4) is 5.75 Å². The molecule has 0 amide bonds. The lowest BCUT2D eigenvalue weighted by atomic mass is 9.89. The van der Waals surface area contributed by atoms with Crippen molar-refractivity contribution in [2.24, 2.45) is 5.92 Å². The molecule has 3 heterocycles. The average Bonchev–Trinajstić information content (AvgIpc) is 2.91. The summed E-state index contributed by atoms with van der Waals surface area (Å²) in [6.45, 7) is 4.85. The van der Waals surface area contributed by atoms with E-state index in [2.05, 4.69) is 9.88 Å². The van der Waals surface area contributed by atoms with E-state index in [1.54, 1.807) is 6.07 Å². The summed E-state index contributed by atoms with van der Waals surface area (Å²) in [6, 6.07) is 3.85. The van der Waals surface area contributed by atoms with Crippen molar-refractivity contribution in [3.05, 3.63) is 23.5 Å². The Morgan fingerprint density at radius 3 is 3.05 bits per heavy atom. The molecule has 0 bridgehead atoms. The maximum atomic E-state index is 10.2. The molecule has 0 unspecified atom stereocenters. The van der Waals surface area contributed by atoms with Crippen LogP contribution in [0.1, 0.15) is 30.7 Å². The quantitative estimate of drug-likeness (QED) is 0.883. The first-order valence-corrected chi connectivity index (χ1v) is 7.80. The molecule has 0 saturated carbocycles. The zero-order chi connectivity index (χ0) is 14.8. The van der Waals surface area contributed by atoms with E-state index >= 15 is 0 Å². The molecule has 0 spiro atoms. The highest BCUT2D eigenvalue weighted by atomic mass is 16.5. The van der Waals surface area contributed by atoms with E-state index in [4.69, 9.17) is 4.74 Å². The third-order valence-corrected chi connectivity index (χ3v) is 4.71. The maximum absolute atomic E-state index is 10.2. The van der Waals surface area contributed by atoms with Crippen LogP contribution in [0.5, 0.6) is 5.75 Å². The lowest BCUT2D eigenvalue weighted by Gasteiger charge is -2.37. The van der Waals surface area contributed by atoms with Crippen molar-refractivity contribution in [1.29, 1.82) is 0 Å². The number of nitrogens with zero attached hydrogens (tertiary/aromatic N) is 2. The molecule has 5 heteroatoms. The summed E-state index contributed by atoms with van der Waals surface area (Å²) in [5.74, 6) is 0.430. The van der Waals surface area contributed by atoms with Crippen LogP contribution >= 0.6 is 0 Å². The molecule has 3 rings (SSSR count). The van der Waals surface area contributed by atoms with Gasteiger partial charge in [0.25, 0.3) is 0 Å². The molecular weight excluding hydrogens is 268 g/mol. The highest BCUT2D eigenvalue weighted by molar-refractivity contribution is 5.27. The smallest absolute Gasteiger partial charge is 0.138 e. The minimum absolute atomic E-state index is 0.174. The van der Waals surface area contributed by atoms with Gasteiger partial charge in [-0.2, -0.15) is 0 Å². The minimum Gasteiger partial charge on any atom is -0.506 e. The molecule has 2 fully saturated rings. The summed E-state index contributed by atoms with van der Waals surface area (Å²) >= 11 is 0. The van der Waals surface area contributed by atoms with Gasteiger partial charge in [-0.25, -0.2) is 0 Å². The van der Waals surface area contributed by atoms with Crippen LogP contribution in [0.4, 0.5) is 0 Å². The van der Waals surface area contributed by atoms with Gasteiger partial charge in [0.15, 0.2) is 0 Å². The van der Waals surface area contributed by atoms with E-state index in [9.17, 15) is 10.2 Å². The zero-order valence-corrected chi connectivity index (χ0v) is 12.5. The number of pyridine rings is 1. The number of aromatic hydroxyl groups is 1. The molecule has 21 heavy (non-hydrogen) atoms. The van der Waals surface area contributed by atoms with E-state index in [0.29, 0.717) is 25.8 Å². The number of aryl methyl sites for hydroxylation is 1. The van der Waals surface area contributed by atoms with Gasteiger partial charge in [-0.05, 0) is 44.9 Å². The topological polar surface area (TPSA) is 65.8 Å². The molecule has 0 radical (unpaired) electrons. The van der Waals surface area contributed by atoms with Crippen LogP contribution < -0.4 is 0 Å². The van der Waals surface area contributed by atoms with Crippen LogP contribution in [0.2, 0.25) is 0 Å². The summed E-state index contributed by atoms with van der Waals surface area (Å²) in [4.78, 5) is 6.79. The van der Waals surface area contributed by atoms with Gasteiger partial charge in [-0.1, -0.05) is 0 Å². The molecule has 1 aromatic heterocycles. The van der Waals surface area contributed by atoms with Crippen LogP contribution in [-0.4, -0.2) is 52.0 Å². The Balaban J connectivity index is 1.73. The van der Waals surface area contributed by atoms with Crippen LogP contribution in [0.15, 0.2) is 12.1 Å². The summed E-state index contributed by atoms with van der Waals surface area (Å²) in [5, 5.41) is 20.2. The van der Waals surface area contributed by atoms with Crippen LogP contribution in [0, 0.1) is 12.8 Å². The Morgan fingerprint density at radius 2 is 2.24 bits per heavy atom. The second-order valence-corrected chi connectivity index (χ2v) is 6.19. The number of hydrogen-bond donors (Lipinski definition) is 2. The van der Waals surface area contributed by atoms with E-state index in [-0.39, 0.29) is 17.8 Å². The molecule has 0 aliphatic carbocycles. The van der Waals surface area contributed by atoms with Gasteiger partial charge >= 0.3 is 0 Å². The van der Waals surface area contributed by atoms with E-state index in [1.165, 1.54) is 0 Å². The lowest BCUT2D eigenvalue weighted by molar-refractivity contribution is -0.0637. The summed E-state index contributed by atoms with van der Waals surface area (Å²) in [7, 11) is 0. The molecule has 1 aromatic rings. The summed E-state index contributed by atoms with van der Waals surface area (Å²) in [5.41, 5.74) is 1.65. The Kier molecular flexibility index (Phi) is 4.42. The van der Waals surface area contributed by atoms with Crippen molar-refractivity contribution in [1.82, 2.24) is 9.88 Å². The number of ether oxygens (including phenoxy) is 1. The number of rotatable bonds is 3. The Hall–Kier alpha value is -1.17. The summed E-state index contributed by atoms with van der Waals surface area (Å²) < 4.78 is 5.55. The molecule has 116 valence electrons. The molecule has 2 aliphatic heterocycles. The Morgan fingerprint density at radius 1 is 1.38 bits per heavy atom. The predicted octanol–water partition coefficient (Wildman–Crippen LogP) is 1.46. The van der Waals surface area contributed by atoms with Gasteiger partial charge in [-0.3, -0.25) is 9.88 Å². The number of aliphatic hydroxyl groups excluding tert-OH is 1. The van der Waals surface area contributed by atoms with Crippen molar-refractivity contribution in [3.63, 3.8) is 0 Å². The Bertz CT molecular complexity index is 494. The number of hydrogen-bond acceptors (Lipinski definition) is 5. The second kappa shape index (κ2) is 6.30. The monoisotopic (exact) mass is 292 g/mol. The van der Waals surface area contributed by atoms with E-state index in [0.717, 1.165) is 37.2 Å². The highest BCUT2D eigenvalue weighted by Gasteiger charge is 2.37. The molecule has 0 aromatic carbocycles. The Labute approximate surface area is 125 Å². The predicted molar refractivity (Wildman–Crippen MR) is 79.0 cm³/mol. The zero-order valence-electron chi connectivity index (χ0n) is 12.5. The lowest BCUT2D eigenvalue weighted by Crippen LogP contribution is -2.45. The van der Waals surface area contributed by atoms with Gasteiger partial charge in [0.2, 0.25) is 0 Å². The fourth-order valence-corrected chi connectivity index (χ4v) is 3.56. The van der Waals surface area contributed by atoms with Crippen molar-refractivity contribution in [2.75, 3.05) is 19.8 Å². The number of likely N-dealkylation sites (tertiary alicyclic amines) is 1. The molecule has 2 aliphatic rings. The number of aliphatic hydroxyl groups is 1. The highest BCUT2D eigenvalue weighted by Crippen LogP contribution is 2.31. The molecule has 3 atom stereocenters. The molecular formula is C16H24N2O3. The van der Waals surface area contributed by atoms with Crippen LogP contribution in [-0.2, 0) is 11.3 Å².